The first-order valence-corrected chi connectivity index (χ1v) is 12.6. The molecule has 7 nitrogen and oxygen atoms in total. The second-order valence-electron chi connectivity index (χ2n) is 7.46. The smallest absolute Gasteiger partial charge is 0.463 e. The molecule has 0 heterocycles. The lowest BCUT2D eigenvalue weighted by Gasteiger charge is -2.12. The molecule has 0 saturated carbocycles. The van der Waals surface area contributed by atoms with Crippen molar-refractivity contribution in [1.29, 1.82) is 0 Å². The van der Waals surface area contributed by atoms with Crippen LogP contribution in [0.1, 0.15) is 96.8 Å². The topological polar surface area (TPSA) is 113 Å². The number of aliphatic hydroxyl groups is 1. The van der Waals surface area contributed by atoms with Gasteiger partial charge in [-0.15, -0.1) is 0 Å². The van der Waals surface area contributed by atoms with Crippen molar-refractivity contribution in [2.24, 2.45) is 0 Å². The molecule has 0 bridgehead atoms. The van der Waals surface area contributed by atoms with Crippen LogP contribution in [0, 0.1) is 0 Å². The Balaban J connectivity index is 3.38. The van der Waals surface area contributed by atoms with E-state index in [9.17, 15) is 14.5 Å². The number of rotatable bonds is 20. The standard InChI is InChI=1S/C21H41O7P/c1-2-3-4-5-6-7-8-9-10-11-12-13-14-15-16-17-21(23)27-18-20(22)19-28-29(24,25)26/h9-10,20,22H,2-8,11-19H2,1H3,(H2,24,25,26)/t20-/m1/s1. The van der Waals surface area contributed by atoms with Crippen LogP contribution in [-0.2, 0) is 18.6 Å². The van der Waals surface area contributed by atoms with Gasteiger partial charge in [-0.05, 0) is 32.1 Å². The maximum Gasteiger partial charge on any atom is 0.469 e. The summed E-state index contributed by atoms with van der Waals surface area (Å²) in [6.45, 7) is 1.33. The Hall–Kier alpha value is -0.720. The van der Waals surface area contributed by atoms with E-state index in [-0.39, 0.29) is 13.0 Å². The lowest BCUT2D eigenvalue weighted by atomic mass is 10.1. The monoisotopic (exact) mass is 436 g/mol. The Morgan fingerprint density at radius 3 is 1.93 bits per heavy atom. The molecule has 0 fully saturated rings. The Bertz CT molecular complexity index is 462. The molecular weight excluding hydrogens is 395 g/mol. The number of phosphoric acid groups is 1. The number of phosphoric ester groups is 1. The van der Waals surface area contributed by atoms with E-state index in [1.165, 1.54) is 51.4 Å². The second kappa shape index (κ2) is 19.3. The summed E-state index contributed by atoms with van der Waals surface area (Å²) in [6, 6.07) is 0. The zero-order valence-corrected chi connectivity index (χ0v) is 18.9. The quantitative estimate of drug-likeness (QED) is 0.106. The Kier molecular flexibility index (Phi) is 18.8. The minimum absolute atomic E-state index is 0.282. The van der Waals surface area contributed by atoms with Gasteiger partial charge in [-0.3, -0.25) is 9.32 Å². The zero-order valence-electron chi connectivity index (χ0n) is 18.0. The Morgan fingerprint density at radius 1 is 0.862 bits per heavy atom. The van der Waals surface area contributed by atoms with Crippen molar-refractivity contribution >= 4 is 13.8 Å². The number of allylic oxidation sites excluding steroid dienone is 2. The van der Waals surface area contributed by atoms with Crippen LogP contribution in [-0.4, -0.2) is 40.2 Å². The largest absolute Gasteiger partial charge is 0.469 e. The van der Waals surface area contributed by atoms with Gasteiger partial charge in [-0.25, -0.2) is 4.57 Å². The minimum atomic E-state index is -4.62. The molecule has 0 aliphatic heterocycles. The Morgan fingerprint density at radius 2 is 1.38 bits per heavy atom. The van der Waals surface area contributed by atoms with Crippen molar-refractivity contribution in [2.45, 2.75) is 103 Å². The van der Waals surface area contributed by atoms with Crippen LogP contribution >= 0.6 is 7.82 Å². The van der Waals surface area contributed by atoms with E-state index in [4.69, 9.17) is 14.5 Å². The predicted molar refractivity (Wildman–Crippen MR) is 114 cm³/mol. The molecule has 0 aliphatic rings. The molecule has 0 aliphatic carbocycles. The summed E-state index contributed by atoms with van der Waals surface area (Å²) in [5, 5.41) is 9.41. The number of hydrogen-bond acceptors (Lipinski definition) is 5. The van der Waals surface area contributed by atoms with Gasteiger partial charge in [0.25, 0.3) is 0 Å². The lowest BCUT2D eigenvalue weighted by Crippen LogP contribution is -2.23. The molecule has 0 aromatic rings. The average molecular weight is 437 g/mol. The summed E-state index contributed by atoms with van der Waals surface area (Å²) >= 11 is 0. The molecule has 3 N–H and O–H groups in total. The number of carbonyl (C=O) groups is 1. The molecule has 0 radical (unpaired) electrons. The highest BCUT2D eigenvalue weighted by Gasteiger charge is 2.17. The van der Waals surface area contributed by atoms with Gasteiger partial charge in [0, 0.05) is 6.42 Å². The Labute approximate surface area is 176 Å². The van der Waals surface area contributed by atoms with Crippen molar-refractivity contribution < 1.29 is 33.5 Å². The number of unbranched alkanes of at least 4 members (excludes halogenated alkanes) is 11. The van der Waals surface area contributed by atoms with Gasteiger partial charge in [0.15, 0.2) is 0 Å². The highest BCUT2D eigenvalue weighted by atomic mass is 31.2. The third-order valence-corrected chi connectivity index (χ3v) is 5.00. The van der Waals surface area contributed by atoms with E-state index in [0.29, 0.717) is 0 Å². The molecule has 0 aromatic heterocycles. The second-order valence-corrected chi connectivity index (χ2v) is 8.70. The van der Waals surface area contributed by atoms with Crippen LogP contribution in [0.15, 0.2) is 12.2 Å². The zero-order chi connectivity index (χ0) is 21.8. The maximum atomic E-state index is 11.5. The highest BCUT2D eigenvalue weighted by Crippen LogP contribution is 2.35. The molecule has 8 heteroatoms. The number of ether oxygens (including phenoxy) is 1. The summed E-state index contributed by atoms with van der Waals surface area (Å²) in [4.78, 5) is 28.6. The van der Waals surface area contributed by atoms with Gasteiger partial charge in [-0.2, -0.15) is 0 Å². The first kappa shape index (κ1) is 28.3. The SMILES string of the molecule is CCCCCCCCC=CCCCCCCCC(=O)OC[C@@H](O)COP(=O)(O)O. The van der Waals surface area contributed by atoms with Crippen LogP contribution in [0.2, 0.25) is 0 Å². The van der Waals surface area contributed by atoms with Crippen molar-refractivity contribution in [1.82, 2.24) is 0 Å². The van der Waals surface area contributed by atoms with Gasteiger partial charge in [0.05, 0.1) is 6.61 Å². The molecule has 0 unspecified atom stereocenters. The summed E-state index contributed by atoms with van der Waals surface area (Å²) in [5.41, 5.74) is 0. The molecule has 172 valence electrons. The molecule has 0 saturated heterocycles. The number of esters is 1. The maximum absolute atomic E-state index is 11.5. The van der Waals surface area contributed by atoms with Crippen molar-refractivity contribution in [2.75, 3.05) is 13.2 Å². The third kappa shape index (κ3) is 23.4. The molecule has 0 amide bonds. The van der Waals surface area contributed by atoms with Crippen LogP contribution in [0.4, 0.5) is 0 Å². The van der Waals surface area contributed by atoms with E-state index in [1.807, 2.05) is 0 Å². The van der Waals surface area contributed by atoms with Gasteiger partial charge in [0.2, 0.25) is 0 Å². The van der Waals surface area contributed by atoms with E-state index in [1.54, 1.807) is 0 Å². The minimum Gasteiger partial charge on any atom is -0.463 e. The molecule has 0 spiro atoms. The third-order valence-electron chi connectivity index (χ3n) is 4.51. The molecular formula is C21H41O7P. The number of hydrogen-bond donors (Lipinski definition) is 3. The number of aliphatic hydroxyl groups excluding tert-OH is 1. The summed E-state index contributed by atoms with van der Waals surface area (Å²) in [7, 11) is -4.62. The normalized spacial score (nSPS) is 13.1. The number of carbonyl (C=O) groups excluding carboxylic acids is 1. The van der Waals surface area contributed by atoms with Gasteiger partial charge in [-0.1, -0.05) is 70.4 Å². The van der Waals surface area contributed by atoms with Gasteiger partial charge >= 0.3 is 13.8 Å². The van der Waals surface area contributed by atoms with Crippen molar-refractivity contribution in [3.63, 3.8) is 0 Å². The van der Waals surface area contributed by atoms with Crippen LogP contribution in [0.3, 0.4) is 0 Å². The first-order chi connectivity index (χ1) is 13.8. The fraction of sp³-hybridized carbons (Fsp3) is 0.857. The van der Waals surface area contributed by atoms with E-state index >= 15 is 0 Å². The first-order valence-electron chi connectivity index (χ1n) is 11.0. The fourth-order valence-corrected chi connectivity index (χ4v) is 3.20. The van der Waals surface area contributed by atoms with E-state index in [0.717, 1.165) is 32.1 Å². The molecule has 0 aromatic carbocycles. The summed E-state index contributed by atoms with van der Waals surface area (Å²) in [5.74, 6) is -0.419. The van der Waals surface area contributed by atoms with E-state index < -0.39 is 26.5 Å². The molecule has 29 heavy (non-hydrogen) atoms. The molecule has 1 atom stereocenters. The molecule has 0 rings (SSSR count). The van der Waals surface area contributed by atoms with Crippen molar-refractivity contribution in [3.05, 3.63) is 12.2 Å². The van der Waals surface area contributed by atoms with Crippen LogP contribution in [0.25, 0.3) is 0 Å². The van der Waals surface area contributed by atoms with Crippen LogP contribution in [0.5, 0.6) is 0 Å². The fourth-order valence-electron chi connectivity index (χ4n) is 2.83. The van der Waals surface area contributed by atoms with Gasteiger partial charge in [0.1, 0.15) is 12.7 Å². The summed E-state index contributed by atoms with van der Waals surface area (Å²) in [6.07, 6.45) is 19.0. The summed E-state index contributed by atoms with van der Waals surface area (Å²) < 4.78 is 19.5. The highest BCUT2D eigenvalue weighted by molar-refractivity contribution is 7.46. The average Bonchev–Trinajstić information content (AvgIpc) is 2.67. The van der Waals surface area contributed by atoms with Gasteiger partial charge < -0.3 is 19.6 Å². The van der Waals surface area contributed by atoms with Crippen molar-refractivity contribution in [3.8, 4) is 0 Å². The van der Waals surface area contributed by atoms with E-state index in [2.05, 4.69) is 23.6 Å². The predicted octanol–water partition coefficient (Wildman–Crippen LogP) is 5.04. The van der Waals surface area contributed by atoms with Crippen LogP contribution < -0.4 is 0 Å². The lowest BCUT2D eigenvalue weighted by molar-refractivity contribution is -0.147.